The van der Waals surface area contributed by atoms with Crippen molar-refractivity contribution in [3.05, 3.63) is 26.8 Å². The minimum Gasteiger partial charge on any atom is -0.481 e. The molecule has 0 aliphatic heterocycles. The van der Waals surface area contributed by atoms with E-state index < -0.39 is 11.4 Å². The van der Waals surface area contributed by atoms with Crippen molar-refractivity contribution in [3.8, 4) is 0 Å². The topological polar surface area (TPSA) is 66.4 Å². The zero-order valence-corrected chi connectivity index (χ0v) is 13.6. The van der Waals surface area contributed by atoms with Gasteiger partial charge in [0.2, 0.25) is 5.91 Å². The summed E-state index contributed by atoms with van der Waals surface area (Å²) in [6, 6.07) is 5.17. The Kier molecular flexibility index (Phi) is 5.61. The van der Waals surface area contributed by atoms with E-state index in [0.29, 0.717) is 10.7 Å². The van der Waals surface area contributed by atoms with Crippen LogP contribution in [0.2, 0.25) is 5.02 Å². The number of benzene rings is 1. The van der Waals surface area contributed by atoms with Gasteiger partial charge >= 0.3 is 5.97 Å². The highest BCUT2D eigenvalue weighted by Crippen LogP contribution is 2.27. The maximum atomic E-state index is 11.9. The molecular weight excluding hydrogens is 381 g/mol. The smallest absolute Gasteiger partial charge is 0.303 e. The van der Waals surface area contributed by atoms with Crippen LogP contribution in [0.5, 0.6) is 0 Å². The van der Waals surface area contributed by atoms with Crippen LogP contribution in [0.25, 0.3) is 0 Å². The van der Waals surface area contributed by atoms with Crippen LogP contribution >= 0.6 is 34.2 Å². The number of rotatable bonds is 5. The van der Waals surface area contributed by atoms with Crippen molar-refractivity contribution in [2.24, 2.45) is 5.41 Å². The summed E-state index contributed by atoms with van der Waals surface area (Å²) in [4.78, 5) is 22.6. The van der Waals surface area contributed by atoms with Gasteiger partial charge in [-0.2, -0.15) is 0 Å². The third-order valence-corrected chi connectivity index (χ3v) is 3.60. The summed E-state index contributed by atoms with van der Waals surface area (Å²) in [5.74, 6) is -1.11. The fourth-order valence-corrected chi connectivity index (χ4v) is 2.70. The van der Waals surface area contributed by atoms with Gasteiger partial charge in [0, 0.05) is 15.0 Å². The molecule has 0 aromatic heterocycles. The first-order valence-corrected chi connectivity index (χ1v) is 7.12. The Hall–Kier alpha value is -0.820. The molecule has 104 valence electrons. The Morgan fingerprint density at radius 1 is 1.37 bits per heavy atom. The molecular formula is C13H15ClINO3. The number of carboxylic acid groups (broad SMARTS) is 1. The van der Waals surface area contributed by atoms with E-state index in [1.165, 1.54) is 0 Å². The summed E-state index contributed by atoms with van der Waals surface area (Å²) in [7, 11) is 0. The average molecular weight is 396 g/mol. The summed E-state index contributed by atoms with van der Waals surface area (Å²) in [5.41, 5.74) is 0.106. The minimum atomic E-state index is -0.904. The van der Waals surface area contributed by atoms with Crippen molar-refractivity contribution in [3.63, 3.8) is 0 Å². The number of hydrogen-bond donors (Lipinski definition) is 2. The van der Waals surface area contributed by atoms with Gasteiger partial charge in [0.15, 0.2) is 0 Å². The lowest BCUT2D eigenvalue weighted by Crippen LogP contribution is -2.25. The lowest BCUT2D eigenvalue weighted by atomic mass is 9.85. The quantitative estimate of drug-likeness (QED) is 0.746. The lowest BCUT2D eigenvalue weighted by Gasteiger charge is -2.21. The summed E-state index contributed by atoms with van der Waals surface area (Å²) >= 11 is 7.92. The largest absolute Gasteiger partial charge is 0.481 e. The third kappa shape index (κ3) is 5.78. The normalized spacial score (nSPS) is 11.2. The first-order chi connectivity index (χ1) is 8.69. The molecule has 1 amide bonds. The molecule has 0 fully saturated rings. The summed E-state index contributed by atoms with van der Waals surface area (Å²) in [6.07, 6.45) is 0.107. The minimum absolute atomic E-state index is 0.0435. The lowest BCUT2D eigenvalue weighted by molar-refractivity contribution is -0.139. The number of carbonyl (C=O) groups excluding carboxylic acids is 1. The van der Waals surface area contributed by atoms with E-state index in [0.717, 1.165) is 3.57 Å². The van der Waals surface area contributed by atoms with Gasteiger partial charge in [0.05, 0.1) is 12.1 Å². The second-order valence-corrected chi connectivity index (χ2v) is 6.68. The first-order valence-electron chi connectivity index (χ1n) is 5.66. The molecule has 0 radical (unpaired) electrons. The van der Waals surface area contributed by atoms with Crippen molar-refractivity contribution in [1.82, 2.24) is 0 Å². The van der Waals surface area contributed by atoms with E-state index >= 15 is 0 Å². The Morgan fingerprint density at radius 2 is 2.00 bits per heavy atom. The Bertz CT molecular complexity index is 503. The van der Waals surface area contributed by atoms with Crippen molar-refractivity contribution >= 4 is 51.8 Å². The van der Waals surface area contributed by atoms with E-state index in [9.17, 15) is 9.59 Å². The molecule has 4 nitrogen and oxygen atoms in total. The highest BCUT2D eigenvalue weighted by Gasteiger charge is 2.25. The van der Waals surface area contributed by atoms with E-state index in [1.807, 2.05) is 0 Å². The van der Waals surface area contributed by atoms with Crippen LogP contribution < -0.4 is 5.32 Å². The molecule has 0 heterocycles. The van der Waals surface area contributed by atoms with Crippen molar-refractivity contribution in [2.75, 3.05) is 5.32 Å². The molecule has 0 saturated heterocycles. The van der Waals surface area contributed by atoms with Gasteiger partial charge in [-0.15, -0.1) is 0 Å². The van der Waals surface area contributed by atoms with Crippen LogP contribution in [0.15, 0.2) is 18.2 Å². The van der Waals surface area contributed by atoms with Crippen LogP contribution in [0.4, 0.5) is 5.69 Å². The van der Waals surface area contributed by atoms with Gasteiger partial charge in [-0.3, -0.25) is 9.59 Å². The van der Waals surface area contributed by atoms with Crippen LogP contribution in [0, 0.1) is 8.99 Å². The van der Waals surface area contributed by atoms with Crippen LogP contribution in [-0.4, -0.2) is 17.0 Å². The fraction of sp³-hybridized carbons (Fsp3) is 0.385. The molecule has 0 aliphatic carbocycles. The standard InChI is InChI=1S/C13H15ClINO3/c1-13(2,7-12(18)19)6-11(17)16-10-4-3-8(14)5-9(10)15/h3-5H,6-7H2,1-2H3,(H,16,17)(H,18,19). The molecule has 1 aromatic carbocycles. The molecule has 0 bridgehead atoms. The van der Waals surface area contributed by atoms with Gasteiger partial charge in [-0.05, 0) is 46.2 Å². The zero-order chi connectivity index (χ0) is 14.6. The third-order valence-electron chi connectivity index (χ3n) is 2.47. The van der Waals surface area contributed by atoms with Gasteiger partial charge in [0.1, 0.15) is 0 Å². The number of carbonyl (C=O) groups is 2. The Morgan fingerprint density at radius 3 is 2.53 bits per heavy atom. The van der Waals surface area contributed by atoms with Gasteiger partial charge in [-0.1, -0.05) is 25.4 Å². The van der Waals surface area contributed by atoms with Crippen molar-refractivity contribution in [1.29, 1.82) is 0 Å². The molecule has 19 heavy (non-hydrogen) atoms. The van der Waals surface area contributed by atoms with Crippen LogP contribution in [0.3, 0.4) is 0 Å². The fourth-order valence-electron chi connectivity index (χ4n) is 1.69. The number of amides is 1. The number of hydrogen-bond acceptors (Lipinski definition) is 2. The molecule has 0 atom stereocenters. The second kappa shape index (κ2) is 6.56. The molecule has 0 saturated carbocycles. The maximum absolute atomic E-state index is 11.9. The van der Waals surface area contributed by atoms with E-state index in [1.54, 1.807) is 32.0 Å². The number of nitrogens with one attached hydrogen (secondary N) is 1. The van der Waals surface area contributed by atoms with Crippen molar-refractivity contribution in [2.45, 2.75) is 26.7 Å². The monoisotopic (exact) mass is 395 g/mol. The SMILES string of the molecule is CC(C)(CC(=O)O)CC(=O)Nc1ccc(Cl)cc1I. The molecule has 0 spiro atoms. The van der Waals surface area contributed by atoms with Crippen molar-refractivity contribution < 1.29 is 14.7 Å². The van der Waals surface area contributed by atoms with Gasteiger partial charge in [0.25, 0.3) is 0 Å². The van der Waals surface area contributed by atoms with Crippen LogP contribution in [0.1, 0.15) is 26.7 Å². The second-order valence-electron chi connectivity index (χ2n) is 5.08. The number of anilines is 1. The predicted octanol–water partition coefficient (Wildman–Crippen LogP) is 3.77. The molecule has 2 N–H and O–H groups in total. The summed E-state index contributed by atoms with van der Waals surface area (Å²) < 4.78 is 0.842. The van der Waals surface area contributed by atoms with Gasteiger partial charge in [-0.25, -0.2) is 0 Å². The Balaban J connectivity index is 2.67. The summed E-state index contributed by atoms with van der Waals surface area (Å²) in [6.45, 7) is 3.51. The van der Waals surface area contributed by atoms with E-state index in [4.69, 9.17) is 16.7 Å². The van der Waals surface area contributed by atoms with Crippen LogP contribution in [-0.2, 0) is 9.59 Å². The first kappa shape index (κ1) is 16.2. The Labute approximate surface area is 130 Å². The molecule has 0 aliphatic rings. The number of carboxylic acids is 1. The van der Waals surface area contributed by atoms with E-state index in [-0.39, 0.29) is 18.7 Å². The average Bonchev–Trinajstić information content (AvgIpc) is 2.19. The maximum Gasteiger partial charge on any atom is 0.303 e. The molecule has 1 aromatic rings. The molecule has 1 rings (SSSR count). The zero-order valence-electron chi connectivity index (χ0n) is 10.7. The highest BCUT2D eigenvalue weighted by atomic mass is 127. The summed E-state index contributed by atoms with van der Waals surface area (Å²) in [5, 5.41) is 12.2. The van der Waals surface area contributed by atoms with Gasteiger partial charge < -0.3 is 10.4 Å². The molecule has 0 unspecified atom stereocenters. The highest BCUT2D eigenvalue weighted by molar-refractivity contribution is 14.1. The molecule has 6 heteroatoms. The number of aliphatic carboxylic acids is 1. The van der Waals surface area contributed by atoms with E-state index in [2.05, 4.69) is 27.9 Å². The number of halogens is 2. The predicted molar refractivity (Wildman–Crippen MR) is 83.4 cm³/mol.